The molecule has 7 heteroatoms. The summed E-state index contributed by atoms with van der Waals surface area (Å²) in [5, 5.41) is 14.0. The molecule has 7 nitrogen and oxygen atoms in total. The number of anilines is 1. The number of hydrogen-bond acceptors (Lipinski definition) is 4. The molecule has 17 heavy (non-hydrogen) atoms. The molecule has 0 fully saturated rings. The molecule has 0 aliphatic rings. The third kappa shape index (κ3) is 2.83. The zero-order chi connectivity index (χ0) is 12.3. The van der Waals surface area contributed by atoms with Gasteiger partial charge >= 0.3 is 0 Å². The Hall–Kier alpha value is -2.31. The lowest BCUT2D eigenvalue weighted by Crippen LogP contribution is -2.18. The molecule has 0 aromatic carbocycles. The van der Waals surface area contributed by atoms with Gasteiger partial charge < -0.3 is 11.1 Å². The van der Waals surface area contributed by atoms with Crippen molar-refractivity contribution in [2.24, 2.45) is 5.73 Å². The van der Waals surface area contributed by atoms with Crippen molar-refractivity contribution in [3.8, 4) is 0 Å². The molecule has 2 rings (SSSR count). The first-order valence-electron chi connectivity index (χ1n) is 5.21. The highest BCUT2D eigenvalue weighted by Crippen LogP contribution is 2.16. The van der Waals surface area contributed by atoms with E-state index in [1.165, 1.54) is 4.68 Å². The van der Waals surface area contributed by atoms with Crippen molar-refractivity contribution in [2.45, 2.75) is 19.5 Å². The van der Waals surface area contributed by atoms with Crippen molar-refractivity contribution in [1.82, 2.24) is 20.0 Å². The van der Waals surface area contributed by atoms with Gasteiger partial charge in [0.1, 0.15) is 6.54 Å². The molecule has 0 bridgehead atoms. The zero-order valence-electron chi connectivity index (χ0n) is 9.42. The molecule has 0 spiro atoms. The van der Waals surface area contributed by atoms with Gasteiger partial charge in [0, 0.05) is 12.4 Å². The van der Waals surface area contributed by atoms with Crippen LogP contribution in [0.5, 0.6) is 0 Å². The SMILES string of the molecule is CC(Nc1cnn(CC(N)=O)c1)c1ccn[nH]1. The third-order valence-corrected chi connectivity index (χ3v) is 2.32. The van der Waals surface area contributed by atoms with Gasteiger partial charge in [-0.25, -0.2) is 0 Å². The summed E-state index contributed by atoms with van der Waals surface area (Å²) in [4.78, 5) is 10.7. The van der Waals surface area contributed by atoms with E-state index < -0.39 is 5.91 Å². The number of rotatable bonds is 5. The number of carbonyl (C=O) groups is 1. The molecular formula is C10H14N6O. The van der Waals surface area contributed by atoms with Crippen molar-refractivity contribution in [3.63, 3.8) is 0 Å². The molecule has 90 valence electrons. The zero-order valence-corrected chi connectivity index (χ0v) is 9.42. The van der Waals surface area contributed by atoms with E-state index in [0.717, 1.165) is 11.4 Å². The fourth-order valence-electron chi connectivity index (χ4n) is 1.52. The summed E-state index contributed by atoms with van der Waals surface area (Å²) in [6, 6.07) is 1.98. The lowest BCUT2D eigenvalue weighted by atomic mass is 10.2. The van der Waals surface area contributed by atoms with Crippen LogP contribution < -0.4 is 11.1 Å². The van der Waals surface area contributed by atoms with Crippen LogP contribution in [0.3, 0.4) is 0 Å². The maximum absolute atomic E-state index is 10.7. The first-order valence-corrected chi connectivity index (χ1v) is 5.21. The number of aromatic nitrogens is 4. The van der Waals surface area contributed by atoms with Crippen molar-refractivity contribution in [3.05, 3.63) is 30.4 Å². The average Bonchev–Trinajstić information content (AvgIpc) is 2.87. The maximum Gasteiger partial charge on any atom is 0.239 e. The van der Waals surface area contributed by atoms with Crippen molar-refractivity contribution >= 4 is 11.6 Å². The summed E-state index contributed by atoms with van der Waals surface area (Å²) in [6.07, 6.45) is 5.08. The molecule has 1 atom stereocenters. The van der Waals surface area contributed by atoms with Crippen LogP contribution in [0.1, 0.15) is 18.7 Å². The van der Waals surface area contributed by atoms with Crippen LogP contribution in [0.4, 0.5) is 5.69 Å². The minimum Gasteiger partial charge on any atom is -0.374 e. The smallest absolute Gasteiger partial charge is 0.239 e. The highest BCUT2D eigenvalue weighted by atomic mass is 16.1. The number of nitrogens with zero attached hydrogens (tertiary/aromatic N) is 3. The third-order valence-electron chi connectivity index (χ3n) is 2.32. The summed E-state index contributed by atoms with van der Waals surface area (Å²) in [6.45, 7) is 2.08. The number of nitrogens with one attached hydrogen (secondary N) is 2. The second-order valence-corrected chi connectivity index (χ2v) is 3.77. The minimum atomic E-state index is -0.415. The number of primary amides is 1. The molecule has 0 aliphatic carbocycles. The van der Waals surface area contributed by atoms with Gasteiger partial charge in [-0.3, -0.25) is 14.6 Å². The van der Waals surface area contributed by atoms with Crippen molar-refractivity contribution in [1.29, 1.82) is 0 Å². The first kappa shape index (κ1) is 11.2. The molecular weight excluding hydrogens is 220 g/mol. The van der Waals surface area contributed by atoms with Crippen LogP contribution in [0.2, 0.25) is 0 Å². The lowest BCUT2D eigenvalue weighted by molar-refractivity contribution is -0.118. The summed E-state index contributed by atoms with van der Waals surface area (Å²) < 4.78 is 1.49. The summed E-state index contributed by atoms with van der Waals surface area (Å²) in [7, 11) is 0. The Morgan fingerprint density at radius 3 is 3.18 bits per heavy atom. The van der Waals surface area contributed by atoms with Gasteiger partial charge in [-0.1, -0.05) is 0 Å². The van der Waals surface area contributed by atoms with Gasteiger partial charge in [0.15, 0.2) is 0 Å². The summed E-state index contributed by atoms with van der Waals surface area (Å²) in [5.74, 6) is -0.415. The highest BCUT2D eigenvalue weighted by Gasteiger charge is 2.08. The topological polar surface area (TPSA) is 102 Å². The normalized spacial score (nSPS) is 12.3. The summed E-state index contributed by atoms with van der Waals surface area (Å²) in [5.41, 5.74) is 6.89. The van der Waals surface area contributed by atoms with Crippen LogP contribution in [0, 0.1) is 0 Å². The quantitative estimate of drug-likeness (QED) is 0.690. The molecule has 2 aromatic rings. The molecule has 2 heterocycles. The Morgan fingerprint density at radius 2 is 2.53 bits per heavy atom. The Bertz CT molecular complexity index is 489. The lowest BCUT2D eigenvalue weighted by Gasteiger charge is -2.10. The monoisotopic (exact) mass is 234 g/mol. The maximum atomic E-state index is 10.7. The highest BCUT2D eigenvalue weighted by molar-refractivity contribution is 5.73. The number of amides is 1. The van der Waals surface area contributed by atoms with E-state index >= 15 is 0 Å². The summed E-state index contributed by atoms with van der Waals surface area (Å²) >= 11 is 0. The molecule has 0 radical (unpaired) electrons. The molecule has 0 aliphatic heterocycles. The van der Waals surface area contributed by atoms with Gasteiger partial charge in [-0.15, -0.1) is 0 Å². The number of H-pyrrole nitrogens is 1. The first-order chi connectivity index (χ1) is 8.15. The van der Waals surface area contributed by atoms with Gasteiger partial charge in [-0.05, 0) is 13.0 Å². The largest absolute Gasteiger partial charge is 0.374 e. The molecule has 1 unspecified atom stereocenters. The number of carbonyl (C=O) groups excluding carboxylic acids is 1. The van der Waals surface area contributed by atoms with Gasteiger partial charge in [0.2, 0.25) is 5.91 Å². The standard InChI is InChI=1S/C10H14N6O/c1-7(9-2-3-12-15-9)14-8-4-13-16(5-8)6-10(11)17/h2-5,7,14H,6H2,1H3,(H2,11,17)(H,12,15). The van der Waals surface area contributed by atoms with Gasteiger partial charge in [0.25, 0.3) is 0 Å². The molecule has 0 saturated carbocycles. The van der Waals surface area contributed by atoms with E-state index in [9.17, 15) is 4.79 Å². The number of nitrogens with two attached hydrogens (primary N) is 1. The predicted octanol–water partition coefficient (Wildman–Crippen LogP) is 0.265. The Kier molecular flexibility index (Phi) is 3.08. The molecule has 2 aromatic heterocycles. The van der Waals surface area contributed by atoms with Crippen molar-refractivity contribution < 1.29 is 4.79 Å². The van der Waals surface area contributed by atoms with Crippen LogP contribution >= 0.6 is 0 Å². The fourth-order valence-corrected chi connectivity index (χ4v) is 1.52. The Balaban J connectivity index is 1.99. The van der Waals surface area contributed by atoms with E-state index in [-0.39, 0.29) is 12.6 Å². The van der Waals surface area contributed by atoms with E-state index in [1.54, 1.807) is 18.6 Å². The molecule has 4 N–H and O–H groups in total. The van der Waals surface area contributed by atoms with Crippen molar-refractivity contribution in [2.75, 3.05) is 5.32 Å². The van der Waals surface area contributed by atoms with E-state index in [1.807, 2.05) is 13.0 Å². The second kappa shape index (κ2) is 4.69. The minimum absolute atomic E-state index is 0.0835. The fraction of sp³-hybridized carbons (Fsp3) is 0.300. The van der Waals surface area contributed by atoms with Crippen LogP contribution in [-0.2, 0) is 11.3 Å². The predicted molar refractivity (Wildman–Crippen MR) is 62.0 cm³/mol. The number of hydrogen-bond donors (Lipinski definition) is 3. The Morgan fingerprint density at radius 1 is 1.71 bits per heavy atom. The average molecular weight is 234 g/mol. The molecule has 1 amide bonds. The van der Waals surface area contributed by atoms with Gasteiger partial charge in [-0.2, -0.15) is 10.2 Å². The van der Waals surface area contributed by atoms with Crippen LogP contribution in [0.15, 0.2) is 24.7 Å². The van der Waals surface area contributed by atoms with E-state index in [2.05, 4.69) is 20.6 Å². The van der Waals surface area contributed by atoms with E-state index in [4.69, 9.17) is 5.73 Å². The Labute approximate surface area is 98.0 Å². The van der Waals surface area contributed by atoms with Crippen LogP contribution in [0.25, 0.3) is 0 Å². The van der Waals surface area contributed by atoms with Crippen LogP contribution in [-0.4, -0.2) is 25.9 Å². The number of aromatic amines is 1. The molecule has 0 saturated heterocycles. The second-order valence-electron chi connectivity index (χ2n) is 3.77. The van der Waals surface area contributed by atoms with E-state index in [0.29, 0.717) is 0 Å². The van der Waals surface area contributed by atoms with Gasteiger partial charge in [0.05, 0.1) is 23.6 Å².